The molecule has 2 nitrogen and oxygen atoms in total. The molecule has 0 aliphatic carbocycles. The molecule has 0 spiro atoms. The van der Waals surface area contributed by atoms with E-state index >= 15 is 0 Å². The van der Waals surface area contributed by atoms with Crippen molar-refractivity contribution >= 4 is 0 Å². The summed E-state index contributed by atoms with van der Waals surface area (Å²) in [6.45, 7) is 0.425. The van der Waals surface area contributed by atoms with Crippen LogP contribution in [0, 0.1) is 5.82 Å². The van der Waals surface area contributed by atoms with Crippen molar-refractivity contribution in [3.63, 3.8) is 0 Å². The van der Waals surface area contributed by atoms with Crippen LogP contribution in [0.4, 0.5) is 4.39 Å². The van der Waals surface area contributed by atoms with Crippen LogP contribution >= 0.6 is 0 Å². The molecule has 0 atom stereocenters. The van der Waals surface area contributed by atoms with Gasteiger partial charge in [0.25, 0.3) is 0 Å². The summed E-state index contributed by atoms with van der Waals surface area (Å²) in [6, 6.07) is 8.27. The number of pyridine rings is 1. The molecule has 0 radical (unpaired) electrons. The summed E-state index contributed by atoms with van der Waals surface area (Å²) in [4.78, 5) is 4.02. The molecule has 0 aliphatic rings. The van der Waals surface area contributed by atoms with Crippen molar-refractivity contribution in [1.29, 1.82) is 0 Å². The summed E-state index contributed by atoms with van der Waals surface area (Å²) in [5.41, 5.74) is 8.27. The van der Waals surface area contributed by atoms with Crippen LogP contribution in [0.5, 0.6) is 0 Å². The van der Waals surface area contributed by atoms with Crippen LogP contribution in [-0.4, -0.2) is 4.98 Å². The third-order valence-corrected chi connectivity index (χ3v) is 2.27. The van der Waals surface area contributed by atoms with E-state index < -0.39 is 0 Å². The number of hydrogen-bond donors (Lipinski definition) is 1. The number of hydrogen-bond acceptors (Lipinski definition) is 2. The minimum absolute atomic E-state index is 0.251. The number of aromatic nitrogens is 1. The molecule has 0 saturated carbocycles. The molecular weight excluding hydrogens is 191 g/mol. The van der Waals surface area contributed by atoms with E-state index in [2.05, 4.69) is 4.98 Å². The Bertz CT molecular complexity index is 469. The van der Waals surface area contributed by atoms with Gasteiger partial charge in [0.05, 0.1) is 0 Å². The summed E-state index contributed by atoms with van der Waals surface area (Å²) < 4.78 is 13.0. The average molecular weight is 202 g/mol. The normalized spacial score (nSPS) is 10.3. The highest BCUT2D eigenvalue weighted by Crippen LogP contribution is 2.22. The van der Waals surface area contributed by atoms with E-state index in [0.29, 0.717) is 6.54 Å². The molecular formula is C12H11FN2. The zero-order chi connectivity index (χ0) is 10.7. The minimum Gasteiger partial charge on any atom is -0.326 e. The van der Waals surface area contributed by atoms with Crippen molar-refractivity contribution < 1.29 is 4.39 Å². The summed E-state index contributed by atoms with van der Waals surface area (Å²) in [5.74, 6) is -0.251. The molecule has 0 saturated heterocycles. The zero-order valence-electron chi connectivity index (χ0n) is 8.15. The lowest BCUT2D eigenvalue weighted by Gasteiger charge is -2.06. The van der Waals surface area contributed by atoms with Crippen LogP contribution in [0.25, 0.3) is 11.1 Å². The SMILES string of the molecule is NCc1ccncc1-c1cccc(F)c1. The first-order valence-corrected chi connectivity index (χ1v) is 4.70. The Morgan fingerprint density at radius 2 is 2.13 bits per heavy atom. The number of nitrogens with zero attached hydrogens (tertiary/aromatic N) is 1. The van der Waals surface area contributed by atoms with E-state index in [-0.39, 0.29) is 5.82 Å². The fourth-order valence-electron chi connectivity index (χ4n) is 1.52. The van der Waals surface area contributed by atoms with Gasteiger partial charge in [0.15, 0.2) is 0 Å². The van der Waals surface area contributed by atoms with Gasteiger partial charge in [-0.15, -0.1) is 0 Å². The van der Waals surface area contributed by atoms with Crippen LogP contribution in [0.3, 0.4) is 0 Å². The summed E-state index contributed by atoms with van der Waals surface area (Å²) in [7, 11) is 0. The van der Waals surface area contributed by atoms with Crippen molar-refractivity contribution in [1.82, 2.24) is 4.98 Å². The number of nitrogens with two attached hydrogens (primary N) is 1. The lowest BCUT2D eigenvalue weighted by molar-refractivity contribution is 0.628. The Kier molecular flexibility index (Phi) is 2.74. The van der Waals surface area contributed by atoms with Crippen molar-refractivity contribution in [2.75, 3.05) is 0 Å². The Hall–Kier alpha value is -1.74. The molecule has 0 amide bonds. The highest BCUT2D eigenvalue weighted by Gasteiger charge is 2.04. The van der Waals surface area contributed by atoms with E-state index in [1.54, 1.807) is 18.5 Å². The molecule has 1 aromatic heterocycles. The molecule has 0 aliphatic heterocycles. The smallest absolute Gasteiger partial charge is 0.123 e. The number of benzene rings is 1. The maximum Gasteiger partial charge on any atom is 0.123 e. The molecule has 1 aromatic carbocycles. The summed E-state index contributed by atoms with van der Waals surface area (Å²) >= 11 is 0. The molecule has 15 heavy (non-hydrogen) atoms. The predicted molar refractivity (Wildman–Crippen MR) is 57.5 cm³/mol. The quantitative estimate of drug-likeness (QED) is 0.811. The largest absolute Gasteiger partial charge is 0.326 e. The second-order valence-corrected chi connectivity index (χ2v) is 3.25. The van der Waals surface area contributed by atoms with Gasteiger partial charge in [0.1, 0.15) is 5.82 Å². The second-order valence-electron chi connectivity index (χ2n) is 3.25. The first-order valence-electron chi connectivity index (χ1n) is 4.70. The molecule has 2 N–H and O–H groups in total. The van der Waals surface area contributed by atoms with Gasteiger partial charge in [-0.05, 0) is 29.3 Å². The molecule has 76 valence electrons. The Morgan fingerprint density at radius 1 is 1.27 bits per heavy atom. The molecule has 0 bridgehead atoms. The van der Waals surface area contributed by atoms with Crippen molar-refractivity contribution in [3.05, 3.63) is 54.1 Å². The molecule has 3 heteroatoms. The molecule has 1 heterocycles. The van der Waals surface area contributed by atoms with Gasteiger partial charge in [-0.25, -0.2) is 4.39 Å². The monoisotopic (exact) mass is 202 g/mol. The number of rotatable bonds is 2. The van der Waals surface area contributed by atoms with Gasteiger partial charge in [-0.2, -0.15) is 0 Å². The second kappa shape index (κ2) is 4.19. The lowest BCUT2D eigenvalue weighted by Crippen LogP contribution is -1.99. The standard InChI is InChI=1S/C12H11FN2/c13-11-3-1-2-9(6-11)12-8-15-5-4-10(12)7-14/h1-6,8H,7,14H2. The zero-order valence-corrected chi connectivity index (χ0v) is 8.15. The van der Waals surface area contributed by atoms with Crippen molar-refractivity contribution in [2.45, 2.75) is 6.54 Å². The molecule has 2 rings (SSSR count). The average Bonchev–Trinajstić information content (AvgIpc) is 2.29. The summed E-state index contributed by atoms with van der Waals surface area (Å²) in [6.07, 6.45) is 3.39. The van der Waals surface area contributed by atoms with Gasteiger partial charge in [0, 0.05) is 24.5 Å². The number of halogens is 1. The topological polar surface area (TPSA) is 38.9 Å². The van der Waals surface area contributed by atoms with Crippen LogP contribution in [0.15, 0.2) is 42.7 Å². The third kappa shape index (κ3) is 2.02. The highest BCUT2D eigenvalue weighted by molar-refractivity contribution is 5.66. The molecule has 2 aromatic rings. The van der Waals surface area contributed by atoms with Crippen LogP contribution in [-0.2, 0) is 6.54 Å². The van der Waals surface area contributed by atoms with Crippen LogP contribution < -0.4 is 5.73 Å². The Morgan fingerprint density at radius 3 is 2.87 bits per heavy atom. The minimum atomic E-state index is -0.251. The maximum atomic E-state index is 13.0. The van der Waals surface area contributed by atoms with Gasteiger partial charge >= 0.3 is 0 Å². The molecule has 0 fully saturated rings. The van der Waals surface area contributed by atoms with Crippen molar-refractivity contribution in [3.8, 4) is 11.1 Å². The van der Waals surface area contributed by atoms with Gasteiger partial charge < -0.3 is 5.73 Å². The van der Waals surface area contributed by atoms with Crippen molar-refractivity contribution in [2.24, 2.45) is 5.73 Å². The van der Waals surface area contributed by atoms with E-state index in [9.17, 15) is 4.39 Å². The Labute approximate surface area is 87.6 Å². The summed E-state index contributed by atoms with van der Waals surface area (Å²) in [5, 5.41) is 0. The van der Waals surface area contributed by atoms with E-state index in [1.807, 2.05) is 12.1 Å². The first-order chi connectivity index (χ1) is 7.31. The van der Waals surface area contributed by atoms with E-state index in [1.165, 1.54) is 12.1 Å². The third-order valence-electron chi connectivity index (χ3n) is 2.27. The highest BCUT2D eigenvalue weighted by atomic mass is 19.1. The van der Waals surface area contributed by atoms with Gasteiger partial charge in [0.2, 0.25) is 0 Å². The fraction of sp³-hybridized carbons (Fsp3) is 0.0833. The first kappa shape index (κ1) is 9.80. The Balaban J connectivity index is 2.53. The van der Waals surface area contributed by atoms with E-state index in [4.69, 9.17) is 5.73 Å². The fourth-order valence-corrected chi connectivity index (χ4v) is 1.52. The lowest BCUT2D eigenvalue weighted by atomic mass is 10.0. The maximum absolute atomic E-state index is 13.0. The molecule has 0 unspecified atom stereocenters. The van der Waals surface area contributed by atoms with Crippen LogP contribution in [0.1, 0.15) is 5.56 Å². The van der Waals surface area contributed by atoms with Gasteiger partial charge in [-0.3, -0.25) is 4.98 Å². The van der Waals surface area contributed by atoms with Gasteiger partial charge in [-0.1, -0.05) is 12.1 Å². The van der Waals surface area contributed by atoms with E-state index in [0.717, 1.165) is 16.7 Å². The van der Waals surface area contributed by atoms with Crippen LogP contribution in [0.2, 0.25) is 0 Å². The predicted octanol–water partition coefficient (Wildman–Crippen LogP) is 2.35.